The number of carbonyl (C=O) groups excluding carboxylic acids is 1. The van der Waals surface area contributed by atoms with Gasteiger partial charge in [0.05, 0.1) is 0 Å². The number of hydrogen-bond acceptors (Lipinski definition) is 3. The van der Waals surface area contributed by atoms with Crippen LogP contribution in [0.15, 0.2) is 59.3 Å². The highest BCUT2D eigenvalue weighted by atomic mass is 79.9. The number of ether oxygens (including phenoxy) is 1. The molecule has 128 valence electrons. The van der Waals surface area contributed by atoms with Crippen molar-refractivity contribution in [3.8, 4) is 5.75 Å². The summed E-state index contributed by atoms with van der Waals surface area (Å²) >= 11 is 3.45. The first-order chi connectivity index (χ1) is 12.0. The largest absolute Gasteiger partial charge is 0.486 e. The van der Waals surface area contributed by atoms with Crippen LogP contribution in [-0.2, 0) is 13.7 Å². The van der Waals surface area contributed by atoms with Gasteiger partial charge in [-0.3, -0.25) is 4.79 Å². The van der Waals surface area contributed by atoms with Crippen molar-refractivity contribution in [2.24, 2.45) is 7.05 Å². The Kier molecular flexibility index (Phi) is 5.19. The lowest BCUT2D eigenvalue weighted by Gasteiger charge is -2.09. The third kappa shape index (κ3) is 4.28. The molecule has 6 heteroatoms. The van der Waals surface area contributed by atoms with Crippen molar-refractivity contribution in [3.05, 3.63) is 76.3 Å². The molecule has 0 fully saturated rings. The third-order valence-corrected chi connectivity index (χ3v) is 4.71. The molecular weight excluding hydrogens is 382 g/mol. The molecule has 0 spiro atoms. The molecule has 0 saturated heterocycles. The summed E-state index contributed by atoms with van der Waals surface area (Å²) in [4.78, 5) is 16.5. The summed E-state index contributed by atoms with van der Waals surface area (Å²) in [6.07, 6.45) is 3.60. The van der Waals surface area contributed by atoms with Gasteiger partial charge in [0.2, 0.25) is 0 Å². The van der Waals surface area contributed by atoms with E-state index in [0.29, 0.717) is 17.9 Å². The number of amides is 1. The summed E-state index contributed by atoms with van der Waals surface area (Å²) in [5, 5.41) is 2.89. The van der Waals surface area contributed by atoms with Gasteiger partial charge < -0.3 is 14.6 Å². The highest BCUT2D eigenvalue weighted by molar-refractivity contribution is 9.10. The Hall–Kier alpha value is -2.60. The van der Waals surface area contributed by atoms with Crippen LogP contribution in [0.3, 0.4) is 0 Å². The molecule has 0 aliphatic rings. The molecule has 3 rings (SSSR count). The number of carbonyl (C=O) groups is 1. The van der Waals surface area contributed by atoms with Crippen molar-refractivity contribution < 1.29 is 9.53 Å². The average molecular weight is 400 g/mol. The summed E-state index contributed by atoms with van der Waals surface area (Å²) in [6.45, 7) is 2.36. The van der Waals surface area contributed by atoms with Crippen molar-refractivity contribution in [3.63, 3.8) is 0 Å². The molecule has 25 heavy (non-hydrogen) atoms. The van der Waals surface area contributed by atoms with Gasteiger partial charge in [-0.15, -0.1) is 0 Å². The number of nitrogens with one attached hydrogen (secondary N) is 1. The molecule has 0 unspecified atom stereocenters. The minimum Gasteiger partial charge on any atom is -0.486 e. The summed E-state index contributed by atoms with van der Waals surface area (Å²) in [5.74, 6) is 1.38. The summed E-state index contributed by atoms with van der Waals surface area (Å²) in [7, 11) is 1.92. The zero-order valence-electron chi connectivity index (χ0n) is 14.0. The number of aromatic nitrogens is 2. The number of benzene rings is 2. The second-order valence-electron chi connectivity index (χ2n) is 5.69. The van der Waals surface area contributed by atoms with Gasteiger partial charge in [-0.2, -0.15) is 0 Å². The number of imidazole rings is 1. The fraction of sp³-hybridized carbons (Fsp3) is 0.158. The minimum absolute atomic E-state index is 0.155. The molecule has 0 aliphatic carbocycles. The normalized spacial score (nSPS) is 10.5. The Balaban J connectivity index is 1.62. The maximum atomic E-state index is 12.3. The highest BCUT2D eigenvalue weighted by Gasteiger charge is 2.08. The zero-order chi connectivity index (χ0) is 17.8. The monoisotopic (exact) mass is 399 g/mol. The molecule has 0 radical (unpaired) electrons. The molecule has 0 saturated carbocycles. The van der Waals surface area contributed by atoms with Gasteiger partial charge in [0.15, 0.2) is 0 Å². The van der Waals surface area contributed by atoms with E-state index in [-0.39, 0.29) is 5.91 Å². The molecule has 1 aromatic heterocycles. The lowest BCUT2D eigenvalue weighted by Crippen LogP contribution is -2.12. The second kappa shape index (κ2) is 7.53. The Morgan fingerprint density at radius 2 is 2.00 bits per heavy atom. The molecule has 5 nitrogen and oxygen atoms in total. The summed E-state index contributed by atoms with van der Waals surface area (Å²) in [6, 6.07) is 12.8. The van der Waals surface area contributed by atoms with Crippen LogP contribution in [-0.4, -0.2) is 15.5 Å². The smallest absolute Gasteiger partial charge is 0.255 e. The number of hydrogen-bond donors (Lipinski definition) is 1. The molecule has 0 bridgehead atoms. The van der Waals surface area contributed by atoms with Gasteiger partial charge in [0.25, 0.3) is 5.91 Å². The standard InChI is InChI=1S/C19H18BrN3O2/c1-13-11-15(5-8-17(13)20)22-19(24)14-3-6-16(7-4-14)25-12-18-21-9-10-23(18)2/h3-11H,12H2,1-2H3,(H,22,24). The molecule has 1 amide bonds. The first-order valence-electron chi connectivity index (χ1n) is 7.79. The van der Waals surface area contributed by atoms with Crippen molar-refractivity contribution in [2.45, 2.75) is 13.5 Å². The predicted molar refractivity (Wildman–Crippen MR) is 101 cm³/mol. The lowest BCUT2D eigenvalue weighted by molar-refractivity contribution is 0.102. The van der Waals surface area contributed by atoms with Gasteiger partial charge in [-0.25, -0.2) is 4.98 Å². The number of nitrogens with zero attached hydrogens (tertiary/aromatic N) is 2. The summed E-state index contributed by atoms with van der Waals surface area (Å²) < 4.78 is 8.61. The molecule has 1 N–H and O–H groups in total. The molecule has 2 aromatic carbocycles. The molecule has 0 atom stereocenters. The Bertz CT molecular complexity index is 888. The van der Waals surface area contributed by atoms with Crippen LogP contribution in [0.25, 0.3) is 0 Å². The topological polar surface area (TPSA) is 56.1 Å². The molecule has 0 aliphatic heterocycles. The maximum Gasteiger partial charge on any atom is 0.255 e. The van der Waals surface area contributed by atoms with Crippen molar-refractivity contribution in [2.75, 3.05) is 5.32 Å². The fourth-order valence-corrected chi connectivity index (χ4v) is 2.56. The van der Waals surface area contributed by atoms with E-state index in [0.717, 1.165) is 21.5 Å². The Morgan fingerprint density at radius 1 is 1.24 bits per heavy atom. The predicted octanol–water partition coefficient (Wildman–Crippen LogP) is 4.32. The van der Waals surface area contributed by atoms with Crippen LogP contribution in [0.4, 0.5) is 5.69 Å². The van der Waals surface area contributed by atoms with E-state index < -0.39 is 0 Å². The minimum atomic E-state index is -0.155. The second-order valence-corrected chi connectivity index (χ2v) is 6.54. The van der Waals surface area contributed by atoms with E-state index >= 15 is 0 Å². The van der Waals surface area contributed by atoms with Gasteiger partial charge >= 0.3 is 0 Å². The van der Waals surface area contributed by atoms with E-state index in [2.05, 4.69) is 26.2 Å². The van der Waals surface area contributed by atoms with Crippen LogP contribution in [0.5, 0.6) is 5.75 Å². The van der Waals surface area contributed by atoms with Gasteiger partial charge in [-0.1, -0.05) is 15.9 Å². The number of halogens is 1. The Labute approximate surface area is 154 Å². The quantitative estimate of drug-likeness (QED) is 0.694. The van der Waals surface area contributed by atoms with Crippen LogP contribution in [0.2, 0.25) is 0 Å². The fourth-order valence-electron chi connectivity index (χ4n) is 2.31. The van der Waals surface area contributed by atoms with E-state index in [9.17, 15) is 4.79 Å². The first kappa shape index (κ1) is 17.2. The number of anilines is 1. The van der Waals surface area contributed by atoms with Crippen LogP contribution < -0.4 is 10.1 Å². The SMILES string of the molecule is Cc1cc(NC(=O)c2ccc(OCc3nccn3C)cc2)ccc1Br. The Morgan fingerprint density at radius 3 is 2.64 bits per heavy atom. The van der Waals surface area contributed by atoms with Crippen molar-refractivity contribution >= 4 is 27.5 Å². The molecule has 3 aromatic rings. The van der Waals surface area contributed by atoms with E-state index in [4.69, 9.17) is 4.74 Å². The van der Waals surface area contributed by atoms with E-state index in [1.165, 1.54) is 0 Å². The molecule has 1 heterocycles. The highest BCUT2D eigenvalue weighted by Crippen LogP contribution is 2.21. The van der Waals surface area contributed by atoms with E-state index in [1.54, 1.807) is 30.5 Å². The average Bonchev–Trinajstić information content (AvgIpc) is 3.02. The van der Waals surface area contributed by atoms with Crippen molar-refractivity contribution in [1.82, 2.24) is 9.55 Å². The zero-order valence-corrected chi connectivity index (χ0v) is 15.6. The van der Waals surface area contributed by atoms with Gasteiger partial charge in [-0.05, 0) is 55.0 Å². The van der Waals surface area contributed by atoms with Crippen LogP contribution in [0.1, 0.15) is 21.7 Å². The van der Waals surface area contributed by atoms with Gasteiger partial charge in [0.1, 0.15) is 18.2 Å². The van der Waals surface area contributed by atoms with Gasteiger partial charge in [0, 0.05) is 35.2 Å². The lowest BCUT2D eigenvalue weighted by atomic mass is 10.2. The number of aryl methyl sites for hydroxylation is 2. The van der Waals surface area contributed by atoms with E-state index in [1.807, 2.05) is 42.9 Å². The maximum absolute atomic E-state index is 12.3. The van der Waals surface area contributed by atoms with Crippen LogP contribution >= 0.6 is 15.9 Å². The number of rotatable bonds is 5. The summed E-state index contributed by atoms with van der Waals surface area (Å²) in [5.41, 5.74) is 2.40. The van der Waals surface area contributed by atoms with Crippen LogP contribution in [0, 0.1) is 6.92 Å². The molecular formula is C19H18BrN3O2. The van der Waals surface area contributed by atoms with Crippen molar-refractivity contribution in [1.29, 1.82) is 0 Å². The first-order valence-corrected chi connectivity index (χ1v) is 8.59. The third-order valence-electron chi connectivity index (χ3n) is 3.82.